The van der Waals surface area contributed by atoms with Crippen LogP contribution in [-0.4, -0.2) is 58.7 Å². The molecule has 1 aliphatic rings. The minimum absolute atomic E-state index is 0.210. The van der Waals surface area contributed by atoms with Crippen molar-refractivity contribution in [2.75, 3.05) is 6.61 Å². The van der Waals surface area contributed by atoms with Crippen molar-refractivity contribution in [1.82, 2.24) is 0 Å². The van der Waals surface area contributed by atoms with Gasteiger partial charge in [0.25, 0.3) is 0 Å². The van der Waals surface area contributed by atoms with E-state index in [9.17, 15) is 10.2 Å². The van der Waals surface area contributed by atoms with Gasteiger partial charge >= 0.3 is 0 Å². The molecule has 1 rings (SSSR count). The molecular weight excluding hydrogens is 230 g/mol. The zero-order valence-electron chi connectivity index (χ0n) is 9.67. The molecule has 5 atom stereocenters. The quantitative estimate of drug-likeness (QED) is 0.351. The SMILES string of the molecule is CC(C)O[C@@H]1OC(CO)[C@H](O)[C@H](O)C1N=[N+]=[N-]. The second kappa shape index (κ2) is 6.15. The molecule has 1 saturated heterocycles. The summed E-state index contributed by atoms with van der Waals surface area (Å²) in [6.45, 7) is 3.04. The summed E-state index contributed by atoms with van der Waals surface area (Å²) in [5.41, 5.74) is 8.40. The molecule has 0 amide bonds. The molecule has 17 heavy (non-hydrogen) atoms. The van der Waals surface area contributed by atoms with Gasteiger partial charge in [-0.2, -0.15) is 0 Å². The fourth-order valence-corrected chi connectivity index (χ4v) is 1.63. The van der Waals surface area contributed by atoms with E-state index in [0.717, 1.165) is 0 Å². The maximum Gasteiger partial charge on any atom is 0.169 e. The Morgan fingerprint density at radius 2 is 2.06 bits per heavy atom. The van der Waals surface area contributed by atoms with Crippen LogP contribution in [0.25, 0.3) is 10.4 Å². The molecule has 0 spiro atoms. The molecule has 2 unspecified atom stereocenters. The lowest BCUT2D eigenvalue weighted by Crippen LogP contribution is -2.58. The Morgan fingerprint density at radius 3 is 2.53 bits per heavy atom. The molecule has 1 aliphatic heterocycles. The summed E-state index contributed by atoms with van der Waals surface area (Å²) in [6, 6.07) is -1.04. The standard InChI is InChI=1S/C9H17N3O5/c1-4(2)16-9-6(11-12-10)8(15)7(14)5(3-13)17-9/h4-9,13-15H,3H2,1-2H3/t5?,6?,7-,8+,9+/m0/s1. The fraction of sp³-hybridized carbons (Fsp3) is 1.00. The number of azide groups is 1. The predicted molar refractivity (Wildman–Crippen MR) is 56.9 cm³/mol. The van der Waals surface area contributed by atoms with Gasteiger partial charge in [0.05, 0.1) is 18.8 Å². The number of ether oxygens (including phenoxy) is 2. The van der Waals surface area contributed by atoms with E-state index in [2.05, 4.69) is 10.0 Å². The largest absolute Gasteiger partial charge is 0.394 e. The van der Waals surface area contributed by atoms with E-state index in [1.165, 1.54) is 0 Å². The van der Waals surface area contributed by atoms with Gasteiger partial charge in [0.2, 0.25) is 0 Å². The smallest absolute Gasteiger partial charge is 0.169 e. The van der Waals surface area contributed by atoms with Gasteiger partial charge in [-0.3, -0.25) is 0 Å². The summed E-state index contributed by atoms with van der Waals surface area (Å²) in [7, 11) is 0. The molecule has 98 valence electrons. The van der Waals surface area contributed by atoms with Crippen LogP contribution in [0.3, 0.4) is 0 Å². The van der Waals surface area contributed by atoms with Gasteiger partial charge < -0.3 is 24.8 Å². The lowest BCUT2D eigenvalue weighted by molar-refractivity contribution is -0.274. The molecular formula is C9H17N3O5. The minimum Gasteiger partial charge on any atom is -0.394 e. The summed E-state index contributed by atoms with van der Waals surface area (Å²) in [5, 5.41) is 31.7. The molecule has 1 heterocycles. The first kappa shape index (κ1) is 14.2. The van der Waals surface area contributed by atoms with E-state index in [4.69, 9.17) is 20.1 Å². The van der Waals surface area contributed by atoms with Crippen LogP contribution >= 0.6 is 0 Å². The van der Waals surface area contributed by atoms with Gasteiger partial charge in [-0.05, 0) is 19.4 Å². The number of aliphatic hydroxyl groups excluding tert-OH is 3. The maximum atomic E-state index is 9.77. The normalized spacial score (nSPS) is 37.9. The van der Waals surface area contributed by atoms with Gasteiger partial charge in [-0.15, -0.1) is 0 Å². The van der Waals surface area contributed by atoms with Crippen molar-refractivity contribution in [2.24, 2.45) is 5.11 Å². The third-order valence-corrected chi connectivity index (χ3v) is 2.44. The third-order valence-electron chi connectivity index (χ3n) is 2.44. The van der Waals surface area contributed by atoms with Crippen LogP contribution in [-0.2, 0) is 9.47 Å². The minimum atomic E-state index is -1.33. The Kier molecular flexibility index (Phi) is 5.13. The Bertz CT molecular complexity index is 294. The average Bonchev–Trinajstić information content (AvgIpc) is 2.27. The van der Waals surface area contributed by atoms with E-state index < -0.39 is 37.3 Å². The molecule has 0 aliphatic carbocycles. The van der Waals surface area contributed by atoms with Gasteiger partial charge in [0, 0.05) is 4.91 Å². The van der Waals surface area contributed by atoms with E-state index >= 15 is 0 Å². The molecule has 0 bridgehead atoms. The number of nitrogens with zero attached hydrogens (tertiary/aromatic N) is 3. The van der Waals surface area contributed by atoms with Crippen LogP contribution in [0, 0.1) is 0 Å². The molecule has 8 nitrogen and oxygen atoms in total. The van der Waals surface area contributed by atoms with E-state index in [-0.39, 0.29) is 6.10 Å². The van der Waals surface area contributed by atoms with Crippen molar-refractivity contribution in [2.45, 2.75) is 50.6 Å². The Balaban J connectivity index is 2.86. The monoisotopic (exact) mass is 247 g/mol. The Labute approximate surface area is 98.4 Å². The zero-order valence-corrected chi connectivity index (χ0v) is 9.67. The molecule has 8 heteroatoms. The second-order valence-electron chi connectivity index (χ2n) is 4.09. The van der Waals surface area contributed by atoms with Crippen molar-refractivity contribution in [3.63, 3.8) is 0 Å². The highest BCUT2D eigenvalue weighted by atomic mass is 16.7. The Morgan fingerprint density at radius 1 is 1.41 bits per heavy atom. The lowest BCUT2D eigenvalue weighted by Gasteiger charge is -2.40. The molecule has 3 N–H and O–H groups in total. The highest BCUT2D eigenvalue weighted by Gasteiger charge is 2.44. The summed E-state index contributed by atoms with van der Waals surface area (Å²) < 4.78 is 10.6. The lowest BCUT2D eigenvalue weighted by atomic mass is 9.98. The van der Waals surface area contributed by atoms with Crippen LogP contribution in [0.15, 0.2) is 5.11 Å². The number of rotatable bonds is 4. The number of aliphatic hydroxyl groups is 3. The topological polar surface area (TPSA) is 128 Å². The summed E-state index contributed by atoms with van der Waals surface area (Å²) in [6.07, 6.45) is -4.80. The van der Waals surface area contributed by atoms with Gasteiger partial charge in [0.1, 0.15) is 18.2 Å². The highest BCUT2D eigenvalue weighted by molar-refractivity contribution is 4.93. The van der Waals surface area contributed by atoms with E-state index in [0.29, 0.717) is 0 Å². The number of hydrogen-bond donors (Lipinski definition) is 3. The van der Waals surface area contributed by atoms with Crippen molar-refractivity contribution in [3.8, 4) is 0 Å². The van der Waals surface area contributed by atoms with Crippen molar-refractivity contribution < 1.29 is 24.8 Å². The van der Waals surface area contributed by atoms with Gasteiger partial charge in [0.15, 0.2) is 6.29 Å². The molecule has 0 aromatic carbocycles. The molecule has 1 fully saturated rings. The summed E-state index contributed by atoms with van der Waals surface area (Å²) >= 11 is 0. The van der Waals surface area contributed by atoms with Crippen molar-refractivity contribution in [1.29, 1.82) is 0 Å². The van der Waals surface area contributed by atoms with Crippen LogP contribution < -0.4 is 0 Å². The van der Waals surface area contributed by atoms with Crippen molar-refractivity contribution in [3.05, 3.63) is 10.4 Å². The first-order chi connectivity index (χ1) is 8.01. The van der Waals surface area contributed by atoms with Crippen molar-refractivity contribution >= 4 is 0 Å². The predicted octanol–water partition coefficient (Wildman–Crippen LogP) is -0.471. The maximum absolute atomic E-state index is 9.77. The van der Waals surface area contributed by atoms with Gasteiger partial charge in [-0.25, -0.2) is 0 Å². The second-order valence-corrected chi connectivity index (χ2v) is 4.09. The zero-order chi connectivity index (χ0) is 13.0. The molecule has 0 saturated carbocycles. The average molecular weight is 247 g/mol. The number of hydrogen-bond acceptors (Lipinski definition) is 6. The summed E-state index contributed by atoms with van der Waals surface area (Å²) in [5.74, 6) is 0. The Hall–Kier alpha value is -0.890. The van der Waals surface area contributed by atoms with Crippen LogP contribution in [0.2, 0.25) is 0 Å². The van der Waals surface area contributed by atoms with Gasteiger partial charge in [-0.1, -0.05) is 5.11 Å². The van der Waals surface area contributed by atoms with Crippen LogP contribution in [0.5, 0.6) is 0 Å². The van der Waals surface area contributed by atoms with Crippen LogP contribution in [0.1, 0.15) is 13.8 Å². The summed E-state index contributed by atoms with van der Waals surface area (Å²) in [4.78, 5) is 2.58. The molecule has 0 radical (unpaired) electrons. The molecule has 0 aromatic rings. The van der Waals surface area contributed by atoms with E-state index in [1.54, 1.807) is 13.8 Å². The molecule has 0 aromatic heterocycles. The highest BCUT2D eigenvalue weighted by Crippen LogP contribution is 2.25. The first-order valence-electron chi connectivity index (χ1n) is 5.33. The van der Waals surface area contributed by atoms with E-state index in [1.807, 2.05) is 0 Å². The fourth-order valence-electron chi connectivity index (χ4n) is 1.63. The third kappa shape index (κ3) is 3.29. The first-order valence-corrected chi connectivity index (χ1v) is 5.33. The van der Waals surface area contributed by atoms with Crippen LogP contribution in [0.4, 0.5) is 0 Å².